The summed E-state index contributed by atoms with van der Waals surface area (Å²) in [6.07, 6.45) is 10.0. The summed E-state index contributed by atoms with van der Waals surface area (Å²) in [5.74, 6) is 0.275. The maximum absolute atomic E-state index is 12.3. The van der Waals surface area contributed by atoms with Gasteiger partial charge < -0.3 is 9.64 Å². The molecule has 0 N–H and O–H groups in total. The Balaban J connectivity index is 1.49. The lowest BCUT2D eigenvalue weighted by molar-refractivity contribution is -0.133. The van der Waals surface area contributed by atoms with E-state index in [1.54, 1.807) is 6.20 Å². The van der Waals surface area contributed by atoms with Crippen molar-refractivity contribution >= 4 is 5.91 Å². The highest BCUT2D eigenvalue weighted by Gasteiger charge is 2.25. The van der Waals surface area contributed by atoms with Crippen LogP contribution in [0.3, 0.4) is 0 Å². The zero-order valence-electron chi connectivity index (χ0n) is 11.9. The maximum Gasteiger partial charge on any atom is 0.222 e. The van der Waals surface area contributed by atoms with Crippen molar-refractivity contribution in [1.82, 2.24) is 14.7 Å². The number of likely N-dealkylation sites (tertiary alicyclic amines) is 1. The molecular formula is C15H23N3O2. The first kappa shape index (κ1) is 13.6. The Kier molecular flexibility index (Phi) is 4.35. The molecule has 1 aromatic heterocycles. The van der Waals surface area contributed by atoms with Crippen LogP contribution in [0.5, 0.6) is 0 Å². The summed E-state index contributed by atoms with van der Waals surface area (Å²) in [5.41, 5.74) is 0. The predicted octanol–water partition coefficient (Wildman–Crippen LogP) is 2.01. The van der Waals surface area contributed by atoms with Crippen LogP contribution in [-0.2, 0) is 9.53 Å². The number of hydrogen-bond acceptors (Lipinski definition) is 3. The number of rotatable bonds is 4. The van der Waals surface area contributed by atoms with Crippen molar-refractivity contribution in [1.29, 1.82) is 0 Å². The van der Waals surface area contributed by atoms with Crippen LogP contribution in [0.1, 0.15) is 44.6 Å². The van der Waals surface area contributed by atoms with Crippen LogP contribution < -0.4 is 0 Å². The highest BCUT2D eigenvalue weighted by molar-refractivity contribution is 5.76. The van der Waals surface area contributed by atoms with Gasteiger partial charge in [-0.2, -0.15) is 5.10 Å². The quantitative estimate of drug-likeness (QED) is 0.845. The molecule has 0 bridgehead atoms. The largest absolute Gasteiger partial charge is 0.378 e. The molecule has 0 spiro atoms. The van der Waals surface area contributed by atoms with Crippen molar-refractivity contribution in [2.75, 3.05) is 19.7 Å². The third kappa shape index (κ3) is 3.20. The number of carbonyl (C=O) groups is 1. The molecule has 5 nitrogen and oxygen atoms in total. The third-order valence-corrected chi connectivity index (χ3v) is 4.35. The highest BCUT2D eigenvalue weighted by Crippen LogP contribution is 2.22. The van der Waals surface area contributed by atoms with Crippen molar-refractivity contribution in [2.24, 2.45) is 0 Å². The summed E-state index contributed by atoms with van der Waals surface area (Å²) in [6.45, 7) is 2.55. The van der Waals surface area contributed by atoms with E-state index in [9.17, 15) is 4.79 Å². The summed E-state index contributed by atoms with van der Waals surface area (Å²) in [6, 6.07) is 2.28. The van der Waals surface area contributed by atoms with Gasteiger partial charge in [-0.05, 0) is 38.2 Å². The Hall–Kier alpha value is -1.36. The van der Waals surface area contributed by atoms with Gasteiger partial charge in [0.1, 0.15) is 0 Å². The first-order valence-corrected chi connectivity index (χ1v) is 7.71. The minimum absolute atomic E-state index is 0.275. The Bertz CT molecular complexity index is 426. The molecule has 1 amide bonds. The second-order valence-corrected chi connectivity index (χ2v) is 5.80. The number of nitrogens with zero attached hydrogens (tertiary/aromatic N) is 3. The predicted molar refractivity (Wildman–Crippen MR) is 75.3 cm³/mol. The summed E-state index contributed by atoms with van der Waals surface area (Å²) in [5, 5.41) is 4.30. The molecule has 0 aromatic carbocycles. The van der Waals surface area contributed by atoms with Crippen LogP contribution in [0.15, 0.2) is 18.5 Å². The first-order chi connectivity index (χ1) is 9.83. The second-order valence-electron chi connectivity index (χ2n) is 5.80. The molecule has 2 fully saturated rings. The minimum atomic E-state index is 0.275. The fourth-order valence-corrected chi connectivity index (χ4v) is 3.21. The van der Waals surface area contributed by atoms with Gasteiger partial charge in [-0.1, -0.05) is 0 Å². The monoisotopic (exact) mass is 277 g/mol. The molecule has 2 aliphatic heterocycles. The molecule has 0 saturated carbocycles. The van der Waals surface area contributed by atoms with Crippen LogP contribution >= 0.6 is 0 Å². The van der Waals surface area contributed by atoms with E-state index in [-0.39, 0.29) is 5.91 Å². The molecule has 1 aromatic rings. The van der Waals surface area contributed by atoms with Gasteiger partial charge in [0.25, 0.3) is 0 Å². The van der Waals surface area contributed by atoms with Gasteiger partial charge in [-0.15, -0.1) is 0 Å². The Labute approximate surface area is 119 Å². The number of piperidine rings is 1. The second kappa shape index (κ2) is 6.39. The number of amides is 1. The molecule has 3 heterocycles. The highest BCUT2D eigenvalue weighted by atomic mass is 16.5. The molecule has 0 aliphatic carbocycles. The lowest BCUT2D eigenvalue weighted by Gasteiger charge is -2.33. The van der Waals surface area contributed by atoms with Gasteiger partial charge in [-0.3, -0.25) is 9.48 Å². The van der Waals surface area contributed by atoms with E-state index in [1.165, 1.54) is 0 Å². The zero-order valence-corrected chi connectivity index (χ0v) is 11.9. The Morgan fingerprint density at radius 1 is 1.35 bits per heavy atom. The van der Waals surface area contributed by atoms with Gasteiger partial charge >= 0.3 is 0 Å². The molecule has 3 rings (SSSR count). The molecule has 2 atom stereocenters. The van der Waals surface area contributed by atoms with E-state index in [2.05, 4.69) is 5.10 Å². The average molecular weight is 277 g/mol. The molecule has 0 radical (unpaired) electrons. The number of ether oxygens (including phenoxy) is 1. The smallest absolute Gasteiger partial charge is 0.222 e. The van der Waals surface area contributed by atoms with E-state index in [1.807, 2.05) is 21.8 Å². The summed E-state index contributed by atoms with van der Waals surface area (Å²) in [7, 11) is 0. The molecule has 110 valence electrons. The Morgan fingerprint density at radius 3 is 3.05 bits per heavy atom. The SMILES string of the molecule is O=C(CC[C@@H]1CCCO1)N1CCC[C@@H](n2cccn2)C1. The van der Waals surface area contributed by atoms with Gasteiger partial charge in [-0.25, -0.2) is 0 Å². The molecular weight excluding hydrogens is 254 g/mol. The van der Waals surface area contributed by atoms with Crippen molar-refractivity contribution in [3.8, 4) is 0 Å². The molecule has 0 unspecified atom stereocenters. The molecule has 20 heavy (non-hydrogen) atoms. The van der Waals surface area contributed by atoms with E-state index >= 15 is 0 Å². The van der Waals surface area contributed by atoms with Crippen molar-refractivity contribution < 1.29 is 9.53 Å². The number of hydrogen-bond donors (Lipinski definition) is 0. The lowest BCUT2D eigenvalue weighted by atomic mass is 10.0. The zero-order chi connectivity index (χ0) is 13.8. The Morgan fingerprint density at radius 2 is 2.30 bits per heavy atom. The number of carbonyl (C=O) groups excluding carboxylic acids is 1. The lowest BCUT2D eigenvalue weighted by Crippen LogP contribution is -2.41. The van der Waals surface area contributed by atoms with Gasteiger partial charge in [0.15, 0.2) is 0 Å². The van der Waals surface area contributed by atoms with Crippen LogP contribution in [-0.4, -0.2) is 46.4 Å². The number of aromatic nitrogens is 2. The van der Waals surface area contributed by atoms with Crippen molar-refractivity contribution in [3.05, 3.63) is 18.5 Å². The normalized spacial score (nSPS) is 26.9. The summed E-state index contributed by atoms with van der Waals surface area (Å²) in [4.78, 5) is 14.3. The van der Waals surface area contributed by atoms with Crippen LogP contribution in [0.25, 0.3) is 0 Å². The molecule has 5 heteroatoms. The van der Waals surface area contributed by atoms with E-state index in [4.69, 9.17) is 4.74 Å². The van der Waals surface area contributed by atoms with Crippen molar-refractivity contribution in [2.45, 2.75) is 50.7 Å². The van der Waals surface area contributed by atoms with E-state index in [0.717, 1.165) is 51.8 Å². The van der Waals surface area contributed by atoms with Gasteiger partial charge in [0.05, 0.1) is 12.1 Å². The van der Waals surface area contributed by atoms with Crippen molar-refractivity contribution in [3.63, 3.8) is 0 Å². The fourth-order valence-electron chi connectivity index (χ4n) is 3.21. The fraction of sp³-hybridized carbons (Fsp3) is 0.733. The minimum Gasteiger partial charge on any atom is -0.378 e. The maximum atomic E-state index is 12.3. The van der Waals surface area contributed by atoms with E-state index in [0.29, 0.717) is 18.6 Å². The third-order valence-electron chi connectivity index (χ3n) is 4.35. The topological polar surface area (TPSA) is 47.4 Å². The molecule has 2 saturated heterocycles. The van der Waals surface area contributed by atoms with Gasteiger partial charge in [0.2, 0.25) is 5.91 Å². The van der Waals surface area contributed by atoms with Crippen LogP contribution in [0.4, 0.5) is 0 Å². The van der Waals surface area contributed by atoms with E-state index < -0.39 is 0 Å². The van der Waals surface area contributed by atoms with Crippen LogP contribution in [0, 0.1) is 0 Å². The van der Waals surface area contributed by atoms with Crippen LogP contribution in [0.2, 0.25) is 0 Å². The van der Waals surface area contributed by atoms with Gasteiger partial charge in [0, 0.05) is 38.5 Å². The summed E-state index contributed by atoms with van der Waals surface area (Å²) < 4.78 is 7.57. The standard InChI is InChI=1S/C15H23N3O2/c19-15(7-6-14-5-2-11-20-14)17-9-1-4-13(12-17)18-10-3-8-16-18/h3,8,10,13-14H,1-2,4-7,9,11-12H2/t13-,14+/m1/s1. The summed E-state index contributed by atoms with van der Waals surface area (Å²) >= 11 is 0. The average Bonchev–Trinajstić information content (AvgIpc) is 3.18. The first-order valence-electron chi connectivity index (χ1n) is 7.71. The molecule has 2 aliphatic rings.